The Morgan fingerprint density at radius 3 is 2.77 bits per heavy atom. The Labute approximate surface area is 132 Å². The number of carbonyl (C=O) groups is 1. The van der Waals surface area contributed by atoms with Crippen LogP contribution in [0.5, 0.6) is 0 Å². The minimum absolute atomic E-state index is 0.0190. The molecule has 0 radical (unpaired) electrons. The van der Waals surface area contributed by atoms with Gasteiger partial charge in [0.15, 0.2) is 10.4 Å². The fraction of sp³-hybridized carbons (Fsp3) is 0. The molecule has 8 heteroatoms. The Morgan fingerprint density at radius 2 is 2.09 bits per heavy atom. The molecule has 1 aliphatic rings. The van der Waals surface area contributed by atoms with Gasteiger partial charge in [0.25, 0.3) is 5.69 Å². The summed E-state index contributed by atoms with van der Waals surface area (Å²) in [6.45, 7) is 0. The van der Waals surface area contributed by atoms with Crippen molar-refractivity contribution in [1.82, 2.24) is 0 Å². The van der Waals surface area contributed by atoms with Crippen LogP contribution in [0.3, 0.4) is 0 Å². The van der Waals surface area contributed by atoms with Gasteiger partial charge in [-0.2, -0.15) is 0 Å². The van der Waals surface area contributed by atoms with E-state index in [4.69, 9.17) is 9.15 Å². The van der Waals surface area contributed by atoms with Crippen LogP contribution >= 0.6 is 15.9 Å². The fourth-order valence-corrected chi connectivity index (χ4v) is 2.14. The summed E-state index contributed by atoms with van der Waals surface area (Å²) in [5.41, 5.74) is 0.304. The molecular formula is C14H7BrN2O5. The number of ether oxygens (including phenoxy) is 1. The third kappa shape index (κ3) is 2.82. The van der Waals surface area contributed by atoms with E-state index < -0.39 is 10.9 Å². The number of esters is 1. The molecule has 3 rings (SSSR count). The SMILES string of the molecule is O=C1OC(c2cccc([N+](=O)[O-])c2)=NC1=Cc1ccc(Br)o1. The second-order valence-corrected chi connectivity index (χ2v) is 5.07. The largest absolute Gasteiger partial charge is 0.450 e. The predicted octanol–water partition coefficient (Wildman–Crippen LogP) is 3.29. The summed E-state index contributed by atoms with van der Waals surface area (Å²) in [6.07, 6.45) is 1.43. The zero-order valence-corrected chi connectivity index (χ0v) is 12.4. The van der Waals surface area contributed by atoms with Gasteiger partial charge in [-0.05, 0) is 34.1 Å². The second-order valence-electron chi connectivity index (χ2n) is 4.29. The number of non-ortho nitro benzene ring substituents is 1. The molecule has 2 aromatic rings. The van der Waals surface area contributed by atoms with Gasteiger partial charge in [0.1, 0.15) is 5.76 Å². The van der Waals surface area contributed by atoms with Crippen LogP contribution in [-0.2, 0) is 9.53 Å². The number of carbonyl (C=O) groups excluding carboxylic acids is 1. The van der Waals surface area contributed by atoms with Crippen LogP contribution in [-0.4, -0.2) is 16.8 Å². The number of nitro benzene ring substituents is 1. The number of hydrogen-bond donors (Lipinski definition) is 0. The number of furan rings is 1. The molecule has 2 heterocycles. The molecule has 0 aliphatic carbocycles. The molecule has 0 saturated heterocycles. The first-order valence-electron chi connectivity index (χ1n) is 6.05. The first kappa shape index (κ1) is 14.2. The van der Waals surface area contributed by atoms with Gasteiger partial charge in [0.05, 0.1) is 4.92 Å². The lowest BCUT2D eigenvalue weighted by Crippen LogP contribution is -2.05. The number of hydrogen-bond acceptors (Lipinski definition) is 6. The average Bonchev–Trinajstić information content (AvgIpc) is 3.06. The van der Waals surface area contributed by atoms with Gasteiger partial charge in [-0.1, -0.05) is 6.07 Å². The summed E-state index contributed by atoms with van der Waals surface area (Å²) in [5.74, 6) is -0.192. The first-order chi connectivity index (χ1) is 10.5. The lowest BCUT2D eigenvalue weighted by molar-refractivity contribution is -0.384. The van der Waals surface area contributed by atoms with Gasteiger partial charge in [-0.25, -0.2) is 9.79 Å². The summed E-state index contributed by atoms with van der Waals surface area (Å²) >= 11 is 3.15. The Balaban J connectivity index is 1.94. The van der Waals surface area contributed by atoms with E-state index in [2.05, 4.69) is 20.9 Å². The zero-order chi connectivity index (χ0) is 15.7. The fourth-order valence-electron chi connectivity index (χ4n) is 1.83. The molecular weight excluding hydrogens is 356 g/mol. The van der Waals surface area contributed by atoms with E-state index in [0.29, 0.717) is 16.0 Å². The second kappa shape index (κ2) is 5.57. The van der Waals surface area contributed by atoms with Crippen molar-refractivity contribution >= 4 is 39.6 Å². The highest BCUT2D eigenvalue weighted by Crippen LogP contribution is 2.23. The van der Waals surface area contributed by atoms with Crippen LogP contribution in [0.25, 0.3) is 6.08 Å². The summed E-state index contributed by atoms with van der Waals surface area (Å²) < 4.78 is 10.8. The van der Waals surface area contributed by atoms with Gasteiger partial charge < -0.3 is 9.15 Å². The normalized spacial score (nSPS) is 15.8. The molecule has 110 valence electrons. The van der Waals surface area contributed by atoms with Gasteiger partial charge in [0, 0.05) is 23.8 Å². The van der Waals surface area contributed by atoms with Crippen molar-refractivity contribution in [3.8, 4) is 0 Å². The van der Waals surface area contributed by atoms with E-state index in [1.807, 2.05) is 0 Å². The van der Waals surface area contributed by atoms with E-state index in [1.54, 1.807) is 18.2 Å². The molecule has 0 bridgehead atoms. The maximum Gasteiger partial charge on any atom is 0.363 e. The minimum atomic E-state index is -0.644. The third-order valence-corrected chi connectivity index (χ3v) is 3.22. The number of aliphatic imine (C=N–C) groups is 1. The van der Waals surface area contributed by atoms with Crippen molar-refractivity contribution < 1.29 is 18.9 Å². The monoisotopic (exact) mass is 362 g/mol. The van der Waals surface area contributed by atoms with Gasteiger partial charge >= 0.3 is 5.97 Å². The highest BCUT2D eigenvalue weighted by Gasteiger charge is 2.25. The summed E-state index contributed by atoms with van der Waals surface area (Å²) in [6, 6.07) is 9.04. The maximum absolute atomic E-state index is 11.8. The molecule has 7 nitrogen and oxygen atoms in total. The molecule has 1 aliphatic heterocycles. The van der Waals surface area contributed by atoms with Crippen LogP contribution < -0.4 is 0 Å². The van der Waals surface area contributed by atoms with Crippen LogP contribution in [0.2, 0.25) is 0 Å². The Morgan fingerprint density at radius 1 is 1.27 bits per heavy atom. The Hall–Kier alpha value is -2.74. The quantitative estimate of drug-likeness (QED) is 0.361. The van der Waals surface area contributed by atoms with Gasteiger partial charge in [-0.3, -0.25) is 10.1 Å². The predicted molar refractivity (Wildman–Crippen MR) is 80.1 cm³/mol. The van der Waals surface area contributed by atoms with Crippen molar-refractivity contribution in [1.29, 1.82) is 0 Å². The lowest BCUT2D eigenvalue weighted by Gasteiger charge is -1.98. The number of benzene rings is 1. The van der Waals surface area contributed by atoms with Crippen molar-refractivity contribution in [2.75, 3.05) is 0 Å². The van der Waals surface area contributed by atoms with Crippen molar-refractivity contribution in [2.45, 2.75) is 0 Å². The Kier molecular flexibility index (Phi) is 3.60. The van der Waals surface area contributed by atoms with Crippen LogP contribution in [0.4, 0.5) is 5.69 Å². The number of nitro groups is 1. The molecule has 22 heavy (non-hydrogen) atoms. The molecule has 0 saturated carbocycles. The van der Waals surface area contributed by atoms with E-state index in [9.17, 15) is 14.9 Å². The zero-order valence-electron chi connectivity index (χ0n) is 10.9. The van der Waals surface area contributed by atoms with Crippen molar-refractivity contribution in [3.63, 3.8) is 0 Å². The highest BCUT2D eigenvalue weighted by atomic mass is 79.9. The summed E-state index contributed by atoms with van der Waals surface area (Å²) in [5, 5.41) is 10.8. The minimum Gasteiger partial charge on any atom is -0.450 e. The number of cyclic esters (lactones) is 1. The molecule has 1 aromatic heterocycles. The Bertz CT molecular complexity index is 837. The smallest absolute Gasteiger partial charge is 0.363 e. The lowest BCUT2D eigenvalue weighted by atomic mass is 10.2. The molecule has 0 amide bonds. The van der Waals surface area contributed by atoms with E-state index >= 15 is 0 Å². The van der Waals surface area contributed by atoms with Crippen molar-refractivity contribution in [2.24, 2.45) is 4.99 Å². The number of nitrogens with zero attached hydrogens (tertiary/aromatic N) is 2. The van der Waals surface area contributed by atoms with Crippen LogP contribution in [0, 0.1) is 10.1 Å². The molecule has 0 atom stereocenters. The molecule has 0 unspecified atom stereocenters. The summed E-state index contributed by atoms with van der Waals surface area (Å²) in [4.78, 5) is 26.1. The van der Waals surface area contributed by atoms with E-state index in [-0.39, 0.29) is 17.3 Å². The topological polar surface area (TPSA) is 94.9 Å². The van der Waals surface area contributed by atoms with Gasteiger partial charge in [-0.15, -0.1) is 0 Å². The first-order valence-corrected chi connectivity index (χ1v) is 6.85. The van der Waals surface area contributed by atoms with E-state index in [1.165, 1.54) is 24.3 Å². The average molecular weight is 363 g/mol. The molecule has 0 N–H and O–H groups in total. The van der Waals surface area contributed by atoms with Crippen LogP contribution in [0.15, 0.2) is 56.2 Å². The molecule has 0 spiro atoms. The van der Waals surface area contributed by atoms with Crippen molar-refractivity contribution in [3.05, 3.63) is 68.2 Å². The third-order valence-electron chi connectivity index (χ3n) is 2.80. The standard InChI is InChI=1S/C14H7BrN2O5/c15-12-5-4-10(21-12)7-11-14(18)22-13(16-11)8-2-1-3-9(6-8)17(19)20/h1-7H. The number of rotatable bonds is 3. The highest BCUT2D eigenvalue weighted by molar-refractivity contribution is 9.10. The number of halogens is 1. The molecule has 0 fully saturated rings. The van der Waals surface area contributed by atoms with Gasteiger partial charge in [0.2, 0.25) is 5.90 Å². The molecule has 1 aromatic carbocycles. The van der Waals surface area contributed by atoms with Crippen LogP contribution in [0.1, 0.15) is 11.3 Å². The maximum atomic E-state index is 11.8. The summed E-state index contributed by atoms with van der Waals surface area (Å²) in [7, 11) is 0. The van der Waals surface area contributed by atoms with E-state index in [0.717, 1.165) is 0 Å².